The van der Waals surface area contributed by atoms with Crippen molar-refractivity contribution in [1.82, 2.24) is 0 Å². The molecule has 0 unspecified atom stereocenters. The fraction of sp³-hybridized carbons (Fsp3) is 0.667. The lowest BCUT2D eigenvalue weighted by molar-refractivity contribution is -0.385. The van der Waals surface area contributed by atoms with Gasteiger partial charge < -0.3 is 0 Å². The number of hydrogen-bond donors (Lipinski definition) is 0. The van der Waals surface area contributed by atoms with Crippen LogP contribution in [0.15, 0.2) is 18.2 Å². The third-order valence-corrected chi connectivity index (χ3v) is 4.58. The summed E-state index contributed by atoms with van der Waals surface area (Å²) in [6, 6.07) is 8.32. The van der Waals surface area contributed by atoms with Crippen LogP contribution in [0.3, 0.4) is 0 Å². The Hall–Kier alpha value is -1.38. The highest BCUT2D eigenvalue weighted by Gasteiger charge is 2.21. The molecule has 2 rings (SSSR count). The second-order valence-electron chi connectivity index (χ2n) is 6.18. The molecule has 0 heterocycles. The molecule has 21 heavy (non-hydrogen) atoms. The average Bonchev–Trinajstić information content (AvgIpc) is 2.48. The molecule has 3 heteroatoms. The molecule has 0 bridgehead atoms. The molecule has 0 N–H and O–H groups in total. The summed E-state index contributed by atoms with van der Waals surface area (Å²) >= 11 is 0. The monoisotopic (exact) mass is 288 g/mol. The van der Waals surface area contributed by atoms with Crippen LogP contribution in [0.4, 0.5) is 5.69 Å². The van der Waals surface area contributed by atoms with E-state index in [0.29, 0.717) is 5.92 Å². The Morgan fingerprint density at radius 2 is 1.48 bits per heavy atom. The van der Waals surface area contributed by atoms with Crippen LogP contribution in [-0.2, 0) is 0 Å². The molecule has 0 aromatic heterocycles. The first-order valence-electron chi connectivity index (χ1n) is 8.44. The van der Waals surface area contributed by atoms with Gasteiger partial charge in [-0.15, -0.1) is 0 Å². The summed E-state index contributed by atoms with van der Waals surface area (Å²) in [6.45, 7) is 0. The van der Waals surface area contributed by atoms with Crippen molar-refractivity contribution in [2.75, 3.05) is 0 Å². The number of nitro groups is 1. The third-order valence-electron chi connectivity index (χ3n) is 4.58. The Balaban J connectivity index is 2.08. The summed E-state index contributed by atoms with van der Waals surface area (Å²) in [7, 11) is 0. The summed E-state index contributed by atoms with van der Waals surface area (Å²) < 4.78 is 0. The molecule has 115 valence electrons. The number of rotatable bonds is 2. The molecule has 1 fully saturated rings. The summed E-state index contributed by atoms with van der Waals surface area (Å²) in [5.74, 6) is 0.311. The summed E-state index contributed by atoms with van der Waals surface area (Å²) in [4.78, 5) is 11.0. The maximum atomic E-state index is 11.2. The van der Waals surface area contributed by atoms with Gasteiger partial charge in [-0.05, 0) is 24.8 Å². The summed E-state index contributed by atoms with van der Waals surface area (Å²) in [5.41, 5.74) is 1.09. The van der Waals surface area contributed by atoms with E-state index in [-0.39, 0.29) is 10.6 Å². The highest BCUT2D eigenvalue weighted by molar-refractivity contribution is 5.41. The van der Waals surface area contributed by atoms with Crippen LogP contribution in [-0.4, -0.2) is 4.92 Å². The fourth-order valence-electron chi connectivity index (χ4n) is 3.38. The minimum Gasteiger partial charge on any atom is -0.258 e. The van der Waals surface area contributed by atoms with Gasteiger partial charge in [0.15, 0.2) is 0 Å². The highest BCUT2D eigenvalue weighted by Crippen LogP contribution is 2.34. The topological polar surface area (TPSA) is 43.1 Å². The molecule has 1 aromatic rings. The quantitative estimate of drug-likeness (QED) is 0.511. The lowest BCUT2D eigenvalue weighted by atomic mass is 9.86. The van der Waals surface area contributed by atoms with Crippen LogP contribution in [0.25, 0.3) is 0 Å². The molecular weight excluding hydrogens is 262 g/mol. The van der Waals surface area contributed by atoms with Gasteiger partial charge in [0.1, 0.15) is 0 Å². The maximum Gasteiger partial charge on any atom is 0.273 e. The second kappa shape index (κ2) is 8.81. The molecule has 1 saturated carbocycles. The van der Waals surface area contributed by atoms with Gasteiger partial charge in [0.05, 0.1) is 4.92 Å². The van der Waals surface area contributed by atoms with Crippen molar-refractivity contribution in [3.63, 3.8) is 0 Å². The number of hydrogen-bond acceptors (Lipinski definition) is 2. The number of nitrogens with zero attached hydrogens (tertiary/aromatic N) is 1. The zero-order chi connectivity index (χ0) is 14.9. The van der Waals surface area contributed by atoms with Crippen LogP contribution in [0.5, 0.6) is 0 Å². The van der Waals surface area contributed by atoms with Crippen molar-refractivity contribution in [3.8, 4) is 0 Å². The van der Waals surface area contributed by atoms with E-state index in [2.05, 4.69) is 6.07 Å². The van der Waals surface area contributed by atoms with Gasteiger partial charge in [-0.3, -0.25) is 10.1 Å². The molecule has 1 aliphatic rings. The van der Waals surface area contributed by atoms with Gasteiger partial charge in [0.25, 0.3) is 5.69 Å². The molecule has 0 amide bonds. The van der Waals surface area contributed by atoms with E-state index in [0.717, 1.165) is 18.4 Å². The van der Waals surface area contributed by atoms with Crippen LogP contribution < -0.4 is 0 Å². The average molecular weight is 288 g/mol. The summed E-state index contributed by atoms with van der Waals surface area (Å²) in [6.07, 6.45) is 13.7. The molecule has 0 atom stereocenters. The summed E-state index contributed by atoms with van der Waals surface area (Å²) in [5, 5.41) is 11.2. The van der Waals surface area contributed by atoms with E-state index in [1.165, 1.54) is 57.8 Å². The Kier molecular flexibility index (Phi) is 6.71. The molecule has 1 aromatic carbocycles. The molecule has 0 aliphatic heterocycles. The SMILES string of the molecule is O=[N+]([O-])c1ccc[c]c1C1CCCCCCCCCCC1. The van der Waals surface area contributed by atoms with Crippen LogP contribution in [0.2, 0.25) is 0 Å². The van der Waals surface area contributed by atoms with Crippen molar-refractivity contribution < 1.29 is 4.92 Å². The van der Waals surface area contributed by atoms with E-state index < -0.39 is 0 Å². The van der Waals surface area contributed by atoms with E-state index >= 15 is 0 Å². The zero-order valence-electron chi connectivity index (χ0n) is 12.9. The van der Waals surface area contributed by atoms with Crippen molar-refractivity contribution >= 4 is 5.69 Å². The van der Waals surface area contributed by atoms with Crippen LogP contribution >= 0.6 is 0 Å². The third kappa shape index (κ3) is 5.14. The normalized spacial score (nSPS) is 19.4. The lowest BCUT2D eigenvalue weighted by Crippen LogP contribution is -2.04. The smallest absolute Gasteiger partial charge is 0.258 e. The van der Waals surface area contributed by atoms with Gasteiger partial charge in [0.2, 0.25) is 0 Å². The molecule has 3 nitrogen and oxygen atoms in total. The van der Waals surface area contributed by atoms with Crippen LogP contribution in [0, 0.1) is 16.2 Å². The van der Waals surface area contributed by atoms with Gasteiger partial charge in [0, 0.05) is 11.6 Å². The molecule has 1 aliphatic carbocycles. The minimum absolute atomic E-state index is 0.248. The first kappa shape index (κ1) is 16.0. The lowest BCUT2D eigenvalue weighted by Gasteiger charge is -2.18. The second-order valence-corrected chi connectivity index (χ2v) is 6.18. The highest BCUT2D eigenvalue weighted by atomic mass is 16.6. The fourth-order valence-corrected chi connectivity index (χ4v) is 3.38. The molecule has 0 spiro atoms. The number of benzene rings is 1. The van der Waals surface area contributed by atoms with E-state index in [9.17, 15) is 10.1 Å². The van der Waals surface area contributed by atoms with Crippen LogP contribution in [0.1, 0.15) is 82.1 Å². The van der Waals surface area contributed by atoms with Crippen molar-refractivity contribution in [3.05, 3.63) is 39.9 Å². The molecule has 0 saturated heterocycles. The van der Waals surface area contributed by atoms with Crippen molar-refractivity contribution in [2.24, 2.45) is 0 Å². The first-order valence-corrected chi connectivity index (χ1v) is 8.44. The minimum atomic E-state index is -0.248. The standard InChI is InChI=1S/C18H26NO2/c20-19(21)18-15-11-10-14-17(18)16-12-8-6-4-2-1-3-5-7-9-13-16/h10-11,15-16H,1-9,12-13H2. The number of nitro benzene ring substituents is 1. The van der Waals surface area contributed by atoms with Gasteiger partial charge in [-0.2, -0.15) is 0 Å². The largest absolute Gasteiger partial charge is 0.273 e. The molecule has 1 radical (unpaired) electrons. The van der Waals surface area contributed by atoms with E-state index in [1.54, 1.807) is 12.1 Å². The molecular formula is C18H26NO2. The Morgan fingerprint density at radius 1 is 0.952 bits per heavy atom. The van der Waals surface area contributed by atoms with Crippen molar-refractivity contribution in [2.45, 2.75) is 76.5 Å². The van der Waals surface area contributed by atoms with E-state index in [4.69, 9.17) is 0 Å². The zero-order valence-corrected chi connectivity index (χ0v) is 12.9. The Bertz CT molecular complexity index is 433. The first-order chi connectivity index (χ1) is 10.3. The maximum absolute atomic E-state index is 11.2. The van der Waals surface area contributed by atoms with Gasteiger partial charge in [-0.25, -0.2) is 0 Å². The van der Waals surface area contributed by atoms with E-state index in [1.807, 2.05) is 6.07 Å². The Morgan fingerprint density at radius 3 is 2.00 bits per heavy atom. The van der Waals surface area contributed by atoms with Crippen molar-refractivity contribution in [1.29, 1.82) is 0 Å². The van der Waals surface area contributed by atoms with Gasteiger partial charge >= 0.3 is 0 Å². The predicted molar refractivity (Wildman–Crippen MR) is 85.5 cm³/mol. The van der Waals surface area contributed by atoms with Gasteiger partial charge in [-0.1, -0.05) is 69.9 Å². The predicted octanol–water partition coefficient (Wildman–Crippen LogP) is 5.78. The Labute approximate surface area is 127 Å².